The van der Waals surface area contributed by atoms with Gasteiger partial charge in [0.2, 0.25) is 0 Å². The molecule has 0 aliphatic carbocycles. The van der Waals surface area contributed by atoms with Gasteiger partial charge in [-0.1, -0.05) is 12.1 Å². The first-order chi connectivity index (χ1) is 8.96. The Kier molecular flexibility index (Phi) is 3.57. The van der Waals surface area contributed by atoms with Crippen LogP contribution in [0.2, 0.25) is 0 Å². The maximum atomic E-state index is 11.2. The summed E-state index contributed by atoms with van der Waals surface area (Å²) in [7, 11) is 1.61. The van der Waals surface area contributed by atoms with Crippen LogP contribution in [0.15, 0.2) is 29.6 Å². The quantitative estimate of drug-likeness (QED) is 0.932. The van der Waals surface area contributed by atoms with Gasteiger partial charge in [0.05, 0.1) is 18.4 Å². The summed E-state index contributed by atoms with van der Waals surface area (Å²) in [5.74, 6) is -0.152. The van der Waals surface area contributed by atoms with Crippen molar-refractivity contribution < 1.29 is 14.6 Å². The van der Waals surface area contributed by atoms with E-state index in [1.807, 2.05) is 24.3 Å². The van der Waals surface area contributed by atoms with Gasteiger partial charge in [-0.3, -0.25) is 4.79 Å². The van der Waals surface area contributed by atoms with E-state index in [1.54, 1.807) is 26.3 Å². The Morgan fingerprint density at radius 3 is 2.68 bits per heavy atom. The standard InChI is InChI=1S/C14H15NO3S/c1-14(2,13(16)17)11-8-19-12(15-11)9-6-4-5-7-10(9)18-3/h4-8H,1-3H3,(H,16,17). The van der Waals surface area contributed by atoms with Crippen LogP contribution in [0.4, 0.5) is 0 Å². The number of nitrogens with zero attached hydrogens (tertiary/aromatic N) is 1. The number of carbonyl (C=O) groups is 1. The van der Waals surface area contributed by atoms with Gasteiger partial charge in [-0.05, 0) is 26.0 Å². The molecule has 1 aromatic heterocycles. The first-order valence-electron chi connectivity index (χ1n) is 5.79. The van der Waals surface area contributed by atoms with Crippen LogP contribution < -0.4 is 4.74 Å². The summed E-state index contributed by atoms with van der Waals surface area (Å²) in [6.07, 6.45) is 0. The van der Waals surface area contributed by atoms with Gasteiger partial charge in [-0.25, -0.2) is 4.98 Å². The van der Waals surface area contributed by atoms with Crippen molar-refractivity contribution in [3.05, 3.63) is 35.3 Å². The molecule has 4 nitrogen and oxygen atoms in total. The molecule has 0 radical (unpaired) electrons. The summed E-state index contributed by atoms with van der Waals surface area (Å²) in [6.45, 7) is 3.30. The highest BCUT2D eigenvalue weighted by Gasteiger charge is 2.32. The molecule has 0 bridgehead atoms. The van der Waals surface area contributed by atoms with Crippen molar-refractivity contribution in [1.82, 2.24) is 4.98 Å². The molecule has 19 heavy (non-hydrogen) atoms. The number of thiazole rings is 1. The lowest BCUT2D eigenvalue weighted by Crippen LogP contribution is -2.28. The van der Waals surface area contributed by atoms with E-state index in [1.165, 1.54) is 11.3 Å². The highest BCUT2D eigenvalue weighted by Crippen LogP contribution is 2.34. The molecular formula is C14H15NO3S. The van der Waals surface area contributed by atoms with Crippen LogP contribution in [0.3, 0.4) is 0 Å². The minimum Gasteiger partial charge on any atom is -0.496 e. The number of aliphatic carboxylic acids is 1. The molecule has 0 aliphatic heterocycles. The molecule has 1 heterocycles. The molecule has 5 heteroatoms. The van der Waals surface area contributed by atoms with Crippen LogP contribution >= 0.6 is 11.3 Å². The number of rotatable bonds is 4. The molecule has 0 unspecified atom stereocenters. The number of carboxylic acids is 1. The van der Waals surface area contributed by atoms with Crippen LogP contribution in [-0.2, 0) is 10.2 Å². The Labute approximate surface area is 115 Å². The molecule has 0 saturated carbocycles. The van der Waals surface area contributed by atoms with Gasteiger partial charge in [0.1, 0.15) is 16.2 Å². The summed E-state index contributed by atoms with van der Waals surface area (Å²) < 4.78 is 5.29. The van der Waals surface area contributed by atoms with Crippen LogP contribution in [0, 0.1) is 0 Å². The van der Waals surface area contributed by atoms with E-state index in [0.717, 1.165) is 16.3 Å². The largest absolute Gasteiger partial charge is 0.496 e. The molecule has 2 aromatic rings. The van der Waals surface area contributed by atoms with Crippen molar-refractivity contribution in [2.75, 3.05) is 7.11 Å². The van der Waals surface area contributed by atoms with Crippen LogP contribution in [0.1, 0.15) is 19.5 Å². The maximum Gasteiger partial charge on any atom is 0.315 e. The first kappa shape index (κ1) is 13.5. The van der Waals surface area contributed by atoms with E-state index >= 15 is 0 Å². The average Bonchev–Trinajstić information content (AvgIpc) is 2.88. The molecule has 0 fully saturated rings. The van der Waals surface area contributed by atoms with Gasteiger partial charge in [-0.2, -0.15) is 0 Å². The summed E-state index contributed by atoms with van der Waals surface area (Å²) in [6, 6.07) is 7.56. The number of methoxy groups -OCH3 is 1. The molecule has 0 amide bonds. The second kappa shape index (κ2) is 5.01. The van der Waals surface area contributed by atoms with E-state index in [4.69, 9.17) is 4.74 Å². The zero-order valence-electron chi connectivity index (χ0n) is 11.0. The van der Waals surface area contributed by atoms with Crippen LogP contribution in [-0.4, -0.2) is 23.2 Å². The fourth-order valence-corrected chi connectivity index (χ4v) is 2.63. The molecular weight excluding hydrogens is 262 g/mol. The minimum atomic E-state index is -0.989. The molecule has 2 rings (SSSR count). The van der Waals surface area contributed by atoms with Crippen LogP contribution in [0.5, 0.6) is 5.75 Å². The highest BCUT2D eigenvalue weighted by atomic mass is 32.1. The third kappa shape index (κ3) is 2.46. The van der Waals surface area contributed by atoms with E-state index in [9.17, 15) is 9.90 Å². The summed E-state index contributed by atoms with van der Waals surface area (Å²) in [5, 5.41) is 11.8. The highest BCUT2D eigenvalue weighted by molar-refractivity contribution is 7.13. The zero-order chi connectivity index (χ0) is 14.0. The fraction of sp³-hybridized carbons (Fsp3) is 0.286. The number of hydrogen-bond acceptors (Lipinski definition) is 4. The predicted molar refractivity (Wildman–Crippen MR) is 74.8 cm³/mol. The second-order valence-electron chi connectivity index (χ2n) is 4.67. The number of ether oxygens (including phenoxy) is 1. The molecule has 0 aliphatic rings. The Bertz CT molecular complexity index is 604. The van der Waals surface area contributed by atoms with E-state index in [0.29, 0.717) is 5.69 Å². The SMILES string of the molecule is COc1ccccc1-c1nc(C(C)(C)C(=O)O)cs1. The second-order valence-corrected chi connectivity index (χ2v) is 5.53. The van der Waals surface area contributed by atoms with E-state index in [-0.39, 0.29) is 0 Å². The summed E-state index contributed by atoms with van der Waals surface area (Å²) >= 11 is 1.42. The number of para-hydroxylation sites is 1. The lowest BCUT2D eigenvalue weighted by Gasteiger charge is -2.15. The molecule has 0 spiro atoms. The Hall–Kier alpha value is -1.88. The molecule has 0 saturated heterocycles. The first-order valence-corrected chi connectivity index (χ1v) is 6.67. The van der Waals surface area contributed by atoms with Gasteiger partial charge in [0, 0.05) is 5.38 Å². The monoisotopic (exact) mass is 277 g/mol. The number of aromatic nitrogens is 1. The van der Waals surface area contributed by atoms with Gasteiger partial charge in [-0.15, -0.1) is 11.3 Å². The molecule has 100 valence electrons. The summed E-state index contributed by atoms with van der Waals surface area (Å²) in [5.41, 5.74) is 0.449. The van der Waals surface area contributed by atoms with Crippen molar-refractivity contribution >= 4 is 17.3 Å². The van der Waals surface area contributed by atoms with Crippen LogP contribution in [0.25, 0.3) is 10.6 Å². The number of hydrogen-bond donors (Lipinski definition) is 1. The average molecular weight is 277 g/mol. The van der Waals surface area contributed by atoms with Crippen molar-refractivity contribution in [3.8, 4) is 16.3 Å². The topological polar surface area (TPSA) is 59.4 Å². The molecule has 1 aromatic carbocycles. The third-order valence-electron chi connectivity index (χ3n) is 3.02. The van der Waals surface area contributed by atoms with Crippen molar-refractivity contribution in [1.29, 1.82) is 0 Å². The van der Waals surface area contributed by atoms with Gasteiger partial charge in [0.15, 0.2) is 0 Å². The van der Waals surface area contributed by atoms with Gasteiger partial charge in [0.25, 0.3) is 0 Å². The lowest BCUT2D eigenvalue weighted by atomic mass is 9.90. The minimum absolute atomic E-state index is 0.561. The number of benzene rings is 1. The maximum absolute atomic E-state index is 11.2. The molecule has 1 N–H and O–H groups in total. The van der Waals surface area contributed by atoms with Gasteiger partial charge < -0.3 is 9.84 Å². The van der Waals surface area contributed by atoms with Crippen molar-refractivity contribution in [3.63, 3.8) is 0 Å². The Balaban J connectivity index is 2.44. The van der Waals surface area contributed by atoms with Gasteiger partial charge >= 0.3 is 5.97 Å². The molecule has 0 atom stereocenters. The van der Waals surface area contributed by atoms with E-state index in [2.05, 4.69) is 4.98 Å². The predicted octanol–water partition coefficient (Wildman–Crippen LogP) is 3.18. The fourth-order valence-electron chi connectivity index (χ4n) is 1.62. The number of carboxylic acid groups (broad SMARTS) is 1. The van der Waals surface area contributed by atoms with Crippen molar-refractivity contribution in [2.45, 2.75) is 19.3 Å². The Morgan fingerprint density at radius 2 is 2.05 bits per heavy atom. The van der Waals surface area contributed by atoms with Crippen molar-refractivity contribution in [2.24, 2.45) is 0 Å². The Morgan fingerprint density at radius 1 is 1.37 bits per heavy atom. The third-order valence-corrected chi connectivity index (χ3v) is 3.89. The smallest absolute Gasteiger partial charge is 0.315 e. The zero-order valence-corrected chi connectivity index (χ0v) is 11.8. The lowest BCUT2D eigenvalue weighted by molar-refractivity contribution is -0.142. The normalized spacial score (nSPS) is 11.3. The summed E-state index contributed by atoms with van der Waals surface area (Å²) in [4.78, 5) is 15.7. The van der Waals surface area contributed by atoms with E-state index < -0.39 is 11.4 Å².